The molecule has 0 saturated carbocycles. The lowest BCUT2D eigenvalue weighted by Crippen LogP contribution is -2.43. The summed E-state index contributed by atoms with van der Waals surface area (Å²) in [4.78, 5) is 28.9. The molecule has 0 bridgehead atoms. The van der Waals surface area contributed by atoms with Crippen molar-refractivity contribution in [2.75, 3.05) is 18.5 Å². The molecule has 1 fully saturated rings. The summed E-state index contributed by atoms with van der Waals surface area (Å²) in [5, 5.41) is 2.69. The number of carbonyl (C=O) groups excluding carboxylic acids is 2. The van der Waals surface area contributed by atoms with E-state index in [9.17, 15) is 18.0 Å². The number of aryl methyl sites for hydroxylation is 2. The van der Waals surface area contributed by atoms with Crippen LogP contribution in [-0.4, -0.2) is 53.3 Å². The summed E-state index contributed by atoms with van der Waals surface area (Å²) >= 11 is 0. The summed E-state index contributed by atoms with van der Waals surface area (Å²) in [5.41, 5.74) is 0.879. The third kappa shape index (κ3) is 4.33. The molecule has 0 aliphatic carbocycles. The van der Waals surface area contributed by atoms with Gasteiger partial charge in [0.05, 0.1) is 6.61 Å². The van der Waals surface area contributed by atoms with Crippen LogP contribution >= 0.6 is 0 Å². The average Bonchev–Trinajstić information content (AvgIpc) is 3.29. The van der Waals surface area contributed by atoms with Crippen molar-refractivity contribution in [3.05, 3.63) is 41.9 Å². The van der Waals surface area contributed by atoms with Gasteiger partial charge in [-0.15, -0.1) is 0 Å². The zero-order valence-corrected chi connectivity index (χ0v) is 17.4. The minimum Gasteiger partial charge on any atom is -0.461 e. The fraction of sp³-hybridized carbons (Fsp3) is 0.421. The molecule has 1 amide bonds. The van der Waals surface area contributed by atoms with Gasteiger partial charge in [0.2, 0.25) is 15.9 Å². The maximum atomic E-state index is 13.2. The number of esters is 1. The van der Waals surface area contributed by atoms with Crippen molar-refractivity contribution in [2.24, 2.45) is 7.05 Å². The molecule has 0 unspecified atom stereocenters. The van der Waals surface area contributed by atoms with Gasteiger partial charge in [-0.25, -0.2) is 18.2 Å². The topological polar surface area (TPSA) is 111 Å². The third-order valence-electron chi connectivity index (χ3n) is 4.72. The number of amides is 1. The number of sulfonamides is 1. The van der Waals surface area contributed by atoms with E-state index >= 15 is 0 Å². The van der Waals surface area contributed by atoms with Crippen LogP contribution in [0.25, 0.3) is 0 Å². The minimum atomic E-state index is -3.96. The second-order valence-corrected chi connectivity index (χ2v) is 8.71. The summed E-state index contributed by atoms with van der Waals surface area (Å²) < 4.78 is 33.9. The molecule has 9 nitrogen and oxygen atoms in total. The lowest BCUT2D eigenvalue weighted by atomic mass is 10.2. The number of carbonyl (C=O) groups is 2. The van der Waals surface area contributed by atoms with E-state index in [2.05, 4.69) is 10.3 Å². The Hall–Kier alpha value is -2.72. The zero-order valence-electron chi connectivity index (χ0n) is 16.6. The number of hydrogen-bond donors (Lipinski definition) is 1. The molecule has 0 aromatic carbocycles. The number of nitrogens with one attached hydrogen (secondary N) is 1. The maximum absolute atomic E-state index is 13.2. The molecule has 29 heavy (non-hydrogen) atoms. The standard InChI is InChI=1S/C19H24N4O5S/c1-4-28-19(25)16-11-14(12-22(16)3)29(26,27)23-10-6-8-15(23)18(24)21-17-9-5-7-13(2)20-17/h5,7,9,11-12,15H,4,6,8,10H2,1-3H3,(H,20,21,24)/t15-/m1/s1. The van der Waals surface area contributed by atoms with Crippen LogP contribution in [0.5, 0.6) is 0 Å². The molecular weight excluding hydrogens is 396 g/mol. The van der Waals surface area contributed by atoms with Crippen LogP contribution in [0.3, 0.4) is 0 Å². The molecule has 3 rings (SSSR count). The predicted molar refractivity (Wildman–Crippen MR) is 106 cm³/mol. The van der Waals surface area contributed by atoms with Crippen LogP contribution in [0.1, 0.15) is 35.9 Å². The highest BCUT2D eigenvalue weighted by atomic mass is 32.2. The van der Waals surface area contributed by atoms with Crippen molar-refractivity contribution in [2.45, 2.75) is 37.6 Å². The normalized spacial score (nSPS) is 17.3. The fourth-order valence-corrected chi connectivity index (χ4v) is 5.06. The highest BCUT2D eigenvalue weighted by molar-refractivity contribution is 7.89. The first-order chi connectivity index (χ1) is 13.7. The van der Waals surface area contributed by atoms with Crippen molar-refractivity contribution in [3.63, 3.8) is 0 Å². The third-order valence-corrected chi connectivity index (χ3v) is 6.59. The number of ether oxygens (including phenoxy) is 1. The van der Waals surface area contributed by atoms with Crippen molar-refractivity contribution in [1.82, 2.24) is 13.9 Å². The van der Waals surface area contributed by atoms with E-state index in [1.165, 1.54) is 21.1 Å². The van der Waals surface area contributed by atoms with Crippen molar-refractivity contribution in [3.8, 4) is 0 Å². The molecule has 10 heteroatoms. The van der Waals surface area contributed by atoms with E-state index in [1.54, 1.807) is 39.1 Å². The van der Waals surface area contributed by atoms with Crippen LogP contribution in [0.2, 0.25) is 0 Å². The average molecular weight is 420 g/mol. The monoisotopic (exact) mass is 420 g/mol. The van der Waals surface area contributed by atoms with Crippen molar-refractivity contribution in [1.29, 1.82) is 0 Å². The smallest absolute Gasteiger partial charge is 0.354 e. The van der Waals surface area contributed by atoms with Crippen molar-refractivity contribution < 1.29 is 22.7 Å². The van der Waals surface area contributed by atoms with E-state index in [0.29, 0.717) is 18.7 Å². The van der Waals surface area contributed by atoms with E-state index < -0.39 is 27.9 Å². The van der Waals surface area contributed by atoms with E-state index in [1.807, 2.05) is 0 Å². The molecule has 3 heterocycles. The number of anilines is 1. The summed E-state index contributed by atoms with van der Waals surface area (Å²) in [6.45, 7) is 3.90. The Bertz CT molecular complexity index is 1030. The Kier molecular flexibility index (Phi) is 6.04. The molecule has 1 saturated heterocycles. The minimum absolute atomic E-state index is 0.0450. The highest BCUT2D eigenvalue weighted by Gasteiger charge is 2.40. The second kappa shape index (κ2) is 8.34. The first-order valence-corrected chi connectivity index (χ1v) is 10.8. The lowest BCUT2D eigenvalue weighted by molar-refractivity contribution is -0.119. The van der Waals surface area contributed by atoms with Crippen LogP contribution in [0.4, 0.5) is 5.82 Å². The summed E-state index contributed by atoms with van der Waals surface area (Å²) in [5.74, 6) is -0.646. The molecule has 156 valence electrons. The number of aromatic nitrogens is 2. The maximum Gasteiger partial charge on any atom is 0.354 e. The Morgan fingerprint density at radius 1 is 1.34 bits per heavy atom. The van der Waals surface area contributed by atoms with E-state index in [0.717, 1.165) is 5.69 Å². The van der Waals surface area contributed by atoms with Gasteiger partial charge in [0.25, 0.3) is 0 Å². The SMILES string of the molecule is CCOC(=O)c1cc(S(=O)(=O)N2CCC[C@@H]2C(=O)Nc2cccc(C)n2)cn1C. The number of nitrogens with zero attached hydrogens (tertiary/aromatic N) is 3. The van der Waals surface area contributed by atoms with Crippen LogP contribution in [-0.2, 0) is 26.6 Å². The predicted octanol–water partition coefficient (Wildman–Crippen LogP) is 1.70. The van der Waals surface area contributed by atoms with E-state index in [4.69, 9.17) is 4.74 Å². The number of rotatable bonds is 6. The van der Waals surface area contributed by atoms with Crippen LogP contribution in [0, 0.1) is 6.92 Å². The molecule has 2 aromatic rings. The summed E-state index contributed by atoms with van der Waals surface area (Å²) in [6.07, 6.45) is 2.33. The van der Waals surface area contributed by atoms with Gasteiger partial charge < -0.3 is 14.6 Å². The summed E-state index contributed by atoms with van der Waals surface area (Å²) in [7, 11) is -2.39. The Morgan fingerprint density at radius 3 is 2.79 bits per heavy atom. The zero-order chi connectivity index (χ0) is 21.2. The number of hydrogen-bond acceptors (Lipinski definition) is 6. The van der Waals surface area contributed by atoms with Gasteiger partial charge in [-0.05, 0) is 44.9 Å². The molecule has 1 aliphatic rings. The first kappa shape index (κ1) is 21.0. The van der Waals surface area contributed by atoms with Crippen LogP contribution < -0.4 is 5.32 Å². The highest BCUT2D eigenvalue weighted by Crippen LogP contribution is 2.28. The van der Waals surface area contributed by atoms with Crippen LogP contribution in [0.15, 0.2) is 35.4 Å². The van der Waals surface area contributed by atoms with Crippen molar-refractivity contribution >= 4 is 27.7 Å². The molecule has 1 atom stereocenters. The van der Waals surface area contributed by atoms with Gasteiger partial charge in [-0.1, -0.05) is 6.07 Å². The number of pyridine rings is 1. The van der Waals surface area contributed by atoms with Gasteiger partial charge in [0.1, 0.15) is 22.4 Å². The molecule has 1 aliphatic heterocycles. The van der Waals surface area contributed by atoms with Gasteiger partial charge >= 0.3 is 5.97 Å². The van der Waals surface area contributed by atoms with Gasteiger partial charge in [-0.2, -0.15) is 4.31 Å². The Balaban J connectivity index is 1.83. The van der Waals surface area contributed by atoms with Gasteiger partial charge in [-0.3, -0.25) is 4.79 Å². The molecule has 1 N–H and O–H groups in total. The molecular formula is C19H24N4O5S. The largest absolute Gasteiger partial charge is 0.461 e. The Morgan fingerprint density at radius 2 is 2.10 bits per heavy atom. The second-order valence-electron chi connectivity index (χ2n) is 6.82. The van der Waals surface area contributed by atoms with E-state index in [-0.39, 0.29) is 23.7 Å². The molecule has 0 spiro atoms. The fourth-order valence-electron chi connectivity index (χ4n) is 3.33. The summed E-state index contributed by atoms with van der Waals surface area (Å²) in [6, 6.07) is 5.67. The quantitative estimate of drug-likeness (QED) is 0.712. The van der Waals surface area contributed by atoms with Gasteiger partial charge in [0, 0.05) is 25.5 Å². The Labute approximate surface area is 169 Å². The molecule has 0 radical (unpaired) electrons. The first-order valence-electron chi connectivity index (χ1n) is 9.34. The molecule has 2 aromatic heterocycles. The van der Waals surface area contributed by atoms with Gasteiger partial charge in [0.15, 0.2) is 0 Å². The lowest BCUT2D eigenvalue weighted by Gasteiger charge is -2.22.